The molecule has 1 heterocycles. The Hall–Kier alpha value is 2.11. The van der Waals surface area contributed by atoms with E-state index in [1.54, 1.807) is 6.07 Å². The summed E-state index contributed by atoms with van der Waals surface area (Å²) in [6, 6.07) is 4.18. The quantitative estimate of drug-likeness (QED) is 0.341. The van der Waals surface area contributed by atoms with E-state index in [1.165, 1.54) is 12.1 Å². The summed E-state index contributed by atoms with van der Waals surface area (Å²) in [4.78, 5) is 1.63. The van der Waals surface area contributed by atoms with E-state index in [9.17, 15) is 25.9 Å². The molecule has 0 aromatic heterocycles. The number of nitrogens with zero attached hydrogens (tertiary/aromatic N) is 1. The molecule has 0 fully saturated rings. The Morgan fingerprint density at radius 1 is 1.12 bits per heavy atom. The summed E-state index contributed by atoms with van der Waals surface area (Å²) >= 11 is 0. The van der Waals surface area contributed by atoms with Crippen LogP contribution in [-0.4, -0.2) is 44.8 Å². The van der Waals surface area contributed by atoms with Crippen LogP contribution in [0.25, 0.3) is 0 Å². The van der Waals surface area contributed by atoms with Crippen molar-refractivity contribution in [3.8, 4) is 0 Å². The largest absolute Gasteiger partial charge is 1.00 e. The molecule has 0 saturated carbocycles. The first kappa shape index (κ1) is 26.1. The zero-order valence-electron chi connectivity index (χ0n) is 14.3. The summed E-state index contributed by atoms with van der Waals surface area (Å²) in [5.41, 5.74) is 1.13. The molecule has 7 nitrogen and oxygen atoms in total. The summed E-state index contributed by atoms with van der Waals surface area (Å²) in [6.45, 7) is 4.76. The maximum absolute atomic E-state index is 11.1. The van der Waals surface area contributed by atoms with Gasteiger partial charge < -0.3 is 14.0 Å². The van der Waals surface area contributed by atoms with Crippen LogP contribution in [0.5, 0.6) is 0 Å². The van der Waals surface area contributed by atoms with Gasteiger partial charge in [-0.25, -0.2) is 16.8 Å². The molecule has 0 aliphatic carbocycles. The van der Waals surface area contributed by atoms with E-state index < -0.39 is 26.0 Å². The van der Waals surface area contributed by atoms with Crippen LogP contribution in [0.2, 0.25) is 0 Å². The first-order valence-corrected chi connectivity index (χ1v) is 9.68. The van der Waals surface area contributed by atoms with Crippen molar-refractivity contribution < 1.29 is 129 Å². The van der Waals surface area contributed by atoms with Crippen LogP contribution in [0, 0.1) is 0 Å². The number of benzene rings is 1. The van der Waals surface area contributed by atoms with Crippen molar-refractivity contribution in [1.82, 2.24) is 0 Å². The molecule has 1 aliphatic heterocycles. The summed E-state index contributed by atoms with van der Waals surface area (Å²) in [5, 5.41) is 0. The molecule has 1 aromatic rings. The van der Waals surface area contributed by atoms with Crippen molar-refractivity contribution in [2.24, 2.45) is 0 Å². The van der Waals surface area contributed by atoms with E-state index in [0.29, 0.717) is 13.1 Å². The summed E-state index contributed by atoms with van der Waals surface area (Å²) in [6.07, 6.45) is 0.197. The van der Waals surface area contributed by atoms with Crippen molar-refractivity contribution in [2.75, 3.05) is 23.7 Å². The topological polar surface area (TPSA) is 118 Å². The van der Waals surface area contributed by atoms with Crippen molar-refractivity contribution in [3.63, 3.8) is 0 Å². The average Bonchev–Trinajstić information content (AvgIpc) is 2.58. The predicted octanol–water partition coefficient (Wildman–Crippen LogP) is -5.37. The molecule has 0 bridgehead atoms. The van der Waals surface area contributed by atoms with E-state index in [-0.39, 0.29) is 120 Å². The Balaban J connectivity index is 0.00000264. The van der Waals surface area contributed by atoms with Gasteiger partial charge in [-0.05, 0) is 30.2 Å². The van der Waals surface area contributed by atoms with Gasteiger partial charge in [0, 0.05) is 29.9 Å². The monoisotopic (exact) mass is 425 g/mol. The van der Waals surface area contributed by atoms with Crippen LogP contribution in [0.15, 0.2) is 23.1 Å². The van der Waals surface area contributed by atoms with E-state index >= 15 is 0 Å². The average molecular weight is 426 g/mol. The van der Waals surface area contributed by atoms with Gasteiger partial charge in [0.25, 0.3) is 0 Å². The fourth-order valence-electron chi connectivity index (χ4n) is 2.77. The van der Waals surface area contributed by atoms with Crippen molar-refractivity contribution in [2.45, 2.75) is 30.6 Å². The summed E-state index contributed by atoms with van der Waals surface area (Å²) < 4.78 is 65.4. The van der Waals surface area contributed by atoms with Gasteiger partial charge in [-0.15, -0.1) is 0 Å². The molecule has 2 rings (SSSR count). The van der Waals surface area contributed by atoms with Crippen LogP contribution in [0.1, 0.15) is 25.8 Å². The zero-order chi connectivity index (χ0) is 16.8. The predicted molar refractivity (Wildman–Crippen MR) is 78.8 cm³/mol. The Labute approximate surface area is 228 Å². The molecular weight excluding hydrogens is 408 g/mol. The van der Waals surface area contributed by atoms with Gasteiger partial charge in [-0.3, -0.25) is 0 Å². The van der Waals surface area contributed by atoms with Gasteiger partial charge in [0.05, 0.1) is 15.0 Å². The summed E-state index contributed by atoms with van der Waals surface area (Å²) in [5.74, 6) is -0.438. The fraction of sp³-hybridized carbons (Fsp3) is 0.538. The number of rotatable bonds is 5. The van der Waals surface area contributed by atoms with Gasteiger partial charge in [-0.1, -0.05) is 13.8 Å². The van der Waals surface area contributed by atoms with Crippen molar-refractivity contribution in [1.29, 1.82) is 0 Å². The molecule has 0 unspecified atom stereocenters. The molecule has 0 spiro atoms. The molecule has 124 valence electrons. The minimum Gasteiger partial charge on any atom is -0.748 e. The molecule has 0 N–H and O–H groups in total. The van der Waals surface area contributed by atoms with Gasteiger partial charge in [0.1, 0.15) is 10.1 Å². The second kappa shape index (κ2) is 9.54. The summed E-state index contributed by atoms with van der Waals surface area (Å²) in [7, 11) is -8.76. The Morgan fingerprint density at radius 2 is 1.71 bits per heavy atom. The maximum Gasteiger partial charge on any atom is 1.00 e. The zero-order valence-corrected chi connectivity index (χ0v) is 22.2. The van der Waals surface area contributed by atoms with E-state index in [0.717, 1.165) is 11.3 Å². The van der Waals surface area contributed by atoms with Crippen LogP contribution < -0.4 is 108 Å². The number of hydrogen-bond acceptors (Lipinski definition) is 7. The third kappa shape index (κ3) is 6.93. The third-order valence-electron chi connectivity index (χ3n) is 3.74. The molecule has 0 saturated heterocycles. The second-order valence-corrected chi connectivity index (χ2v) is 8.96. The van der Waals surface area contributed by atoms with E-state index in [1.807, 2.05) is 18.7 Å². The molecule has 0 atom stereocenters. The fourth-order valence-corrected chi connectivity index (χ4v) is 3.75. The minimum absolute atomic E-state index is 0. The Bertz CT molecular complexity index is 793. The smallest absolute Gasteiger partial charge is 0.748 e. The normalized spacial score (nSPS) is 16.1. The first-order valence-electron chi connectivity index (χ1n) is 6.69. The molecule has 1 aliphatic rings. The molecule has 1 aromatic carbocycles. The standard InChI is InChI=1S/C13H19NO6S2.2K/c1-13(2)9-14(6-3-7-21(15,16)17)12-5-4-10(8-11(12)13)22(18,19)20;;/h4-5,8H,3,6-7,9H2,1-2H3,(H,15,16,17)(H,18,19,20);;/q;2*+1/p-2. The van der Waals surface area contributed by atoms with Crippen LogP contribution in [-0.2, 0) is 25.7 Å². The molecule has 0 radical (unpaired) electrons. The van der Waals surface area contributed by atoms with Crippen molar-refractivity contribution in [3.05, 3.63) is 23.8 Å². The van der Waals surface area contributed by atoms with Crippen LogP contribution in [0.3, 0.4) is 0 Å². The van der Waals surface area contributed by atoms with Crippen molar-refractivity contribution >= 4 is 25.9 Å². The molecule has 0 amide bonds. The van der Waals surface area contributed by atoms with Crippen LogP contribution in [0.4, 0.5) is 5.69 Å². The van der Waals surface area contributed by atoms with Gasteiger partial charge in [0.2, 0.25) is 0 Å². The Kier molecular flexibility index (Phi) is 10.4. The molecule has 24 heavy (non-hydrogen) atoms. The van der Waals surface area contributed by atoms with E-state index in [4.69, 9.17) is 0 Å². The van der Waals surface area contributed by atoms with Gasteiger partial charge in [0.15, 0.2) is 0 Å². The number of hydrogen-bond donors (Lipinski definition) is 0. The van der Waals surface area contributed by atoms with Crippen LogP contribution >= 0.6 is 0 Å². The molecular formula is C13H17K2NO6S2. The Morgan fingerprint density at radius 3 is 2.21 bits per heavy atom. The third-order valence-corrected chi connectivity index (χ3v) is 5.35. The number of fused-ring (bicyclic) bond motifs is 1. The minimum atomic E-state index is -4.52. The SMILES string of the molecule is CC1(C)CN(CCCS(=O)(=O)[O-])c2ccc(S(=O)(=O)[O-])cc21.[K+].[K+]. The van der Waals surface area contributed by atoms with E-state index in [2.05, 4.69) is 0 Å². The maximum atomic E-state index is 11.1. The first-order chi connectivity index (χ1) is 9.90. The number of anilines is 1. The van der Waals surface area contributed by atoms with Gasteiger partial charge >= 0.3 is 103 Å². The van der Waals surface area contributed by atoms with Gasteiger partial charge in [-0.2, -0.15) is 0 Å². The molecule has 11 heteroatoms. The second-order valence-electron chi connectivity index (χ2n) is 6.05.